The molecule has 1 aliphatic carbocycles. The smallest absolute Gasteiger partial charge is 0.324 e. The number of hydrogen-bond donors (Lipinski definition) is 4. The number of carbonyl (C=O) groups excluding carboxylic acids is 1. The van der Waals surface area contributed by atoms with Crippen molar-refractivity contribution in [1.82, 2.24) is 0 Å². The second-order valence-electron chi connectivity index (χ2n) is 6.92. The summed E-state index contributed by atoms with van der Waals surface area (Å²) >= 11 is 0. The number of carbonyl (C=O) groups is 1. The lowest BCUT2D eigenvalue weighted by Gasteiger charge is -2.36. The monoisotopic (exact) mass is 399 g/mol. The molecule has 2 aromatic rings. The average molecular weight is 399 g/mol. The van der Waals surface area contributed by atoms with Gasteiger partial charge >= 0.3 is 5.97 Å². The Bertz CT molecular complexity index is 863. The highest BCUT2D eigenvalue weighted by Gasteiger charge is 2.41. The van der Waals surface area contributed by atoms with E-state index in [1.54, 1.807) is 42.5 Å². The van der Waals surface area contributed by atoms with Gasteiger partial charge in [-0.25, -0.2) is 4.99 Å². The minimum Gasteiger partial charge on any atom is -0.469 e. The van der Waals surface area contributed by atoms with Crippen molar-refractivity contribution in [2.24, 2.45) is 16.6 Å². The van der Waals surface area contributed by atoms with Gasteiger partial charge in [-0.15, -0.1) is 0 Å². The Kier molecular flexibility index (Phi) is 6.36. The van der Waals surface area contributed by atoms with Crippen LogP contribution < -0.4 is 15.8 Å². The second kappa shape index (κ2) is 8.93. The number of methoxy groups -OCH3 is 1. The number of rotatable bonds is 8. The van der Waals surface area contributed by atoms with Crippen LogP contribution in [0, 0.1) is 5.92 Å². The summed E-state index contributed by atoms with van der Waals surface area (Å²) in [7, 11) is 1.43. The summed E-state index contributed by atoms with van der Waals surface area (Å²) in [5, 5.41) is 22.8. The molecule has 2 aromatic carbocycles. The molecule has 5 N–H and O–H groups in total. The number of nitrogens with one attached hydrogen (secondary N) is 1. The van der Waals surface area contributed by atoms with Crippen LogP contribution in [0.5, 0.6) is 5.75 Å². The lowest BCUT2D eigenvalue weighted by Crippen LogP contribution is -2.46. The topological polar surface area (TPSA) is 126 Å². The van der Waals surface area contributed by atoms with Crippen molar-refractivity contribution in [3.05, 3.63) is 59.7 Å². The van der Waals surface area contributed by atoms with Gasteiger partial charge in [-0.05, 0) is 48.2 Å². The van der Waals surface area contributed by atoms with Gasteiger partial charge in [0, 0.05) is 5.69 Å². The van der Waals surface area contributed by atoms with Crippen LogP contribution >= 0.6 is 0 Å². The number of aliphatic hydroxyl groups is 2. The fourth-order valence-corrected chi connectivity index (χ4v) is 3.15. The van der Waals surface area contributed by atoms with Crippen molar-refractivity contribution in [2.45, 2.75) is 31.3 Å². The first kappa shape index (κ1) is 20.6. The number of amides is 1. The van der Waals surface area contributed by atoms with Gasteiger partial charge in [0.2, 0.25) is 6.41 Å². The summed E-state index contributed by atoms with van der Waals surface area (Å²) in [5.74, 6) is -2.12. The first-order valence-electron chi connectivity index (χ1n) is 9.34. The van der Waals surface area contributed by atoms with Crippen molar-refractivity contribution >= 4 is 18.1 Å². The Balaban J connectivity index is 1.86. The van der Waals surface area contributed by atoms with Gasteiger partial charge in [0.05, 0.1) is 13.0 Å². The van der Waals surface area contributed by atoms with E-state index in [4.69, 9.17) is 15.2 Å². The predicted octanol–water partition coefficient (Wildman–Crippen LogP) is 2.12. The van der Waals surface area contributed by atoms with Gasteiger partial charge in [0.25, 0.3) is 6.02 Å². The summed E-state index contributed by atoms with van der Waals surface area (Å²) in [5.41, 5.74) is 7.98. The van der Waals surface area contributed by atoms with Gasteiger partial charge in [0.1, 0.15) is 11.8 Å². The molecule has 8 nitrogen and oxygen atoms in total. The third-order valence-corrected chi connectivity index (χ3v) is 4.99. The van der Waals surface area contributed by atoms with E-state index in [9.17, 15) is 15.0 Å². The fourth-order valence-electron chi connectivity index (χ4n) is 3.15. The molecule has 0 saturated heterocycles. The molecule has 1 fully saturated rings. The maximum atomic E-state index is 10.7. The molecule has 1 unspecified atom stereocenters. The van der Waals surface area contributed by atoms with Crippen LogP contribution in [-0.4, -0.2) is 35.7 Å². The number of hydrogen-bond acceptors (Lipinski definition) is 6. The molecule has 1 saturated carbocycles. The zero-order valence-electron chi connectivity index (χ0n) is 16.1. The van der Waals surface area contributed by atoms with Gasteiger partial charge in [-0.1, -0.05) is 30.7 Å². The van der Waals surface area contributed by atoms with Gasteiger partial charge in [-0.3, -0.25) is 4.79 Å². The Morgan fingerprint density at radius 1 is 1.24 bits per heavy atom. The molecule has 29 heavy (non-hydrogen) atoms. The molecule has 1 amide bonds. The molecule has 154 valence electrons. The third-order valence-electron chi connectivity index (χ3n) is 4.99. The van der Waals surface area contributed by atoms with Crippen LogP contribution in [0.4, 0.5) is 5.69 Å². The summed E-state index contributed by atoms with van der Waals surface area (Å²) < 4.78 is 10.4. The summed E-state index contributed by atoms with van der Waals surface area (Å²) in [6.07, 6.45) is 3.02. The van der Waals surface area contributed by atoms with Crippen molar-refractivity contribution in [1.29, 1.82) is 0 Å². The van der Waals surface area contributed by atoms with Crippen LogP contribution in [-0.2, 0) is 9.53 Å². The average Bonchev–Trinajstić information content (AvgIpc) is 2.65. The minimum absolute atomic E-state index is 0.0128. The molecule has 8 heteroatoms. The summed E-state index contributed by atoms with van der Waals surface area (Å²) in [6.45, 7) is 0. The van der Waals surface area contributed by atoms with E-state index in [0.717, 1.165) is 30.4 Å². The Hall–Kier alpha value is -3.10. The standard InChI is InChI=1S/C21H25N3O5/c1-28-20(22)24-19(15-4-2-7-17(12-15)23-13-25)14-8-10-18(11-9-14)29-21(26,27)16-5-3-6-16/h2,4,7-13,16,19,26-27H,3,5-6H2,1H3,(H2,22,24)(H,23,25). The highest BCUT2D eigenvalue weighted by Crippen LogP contribution is 2.36. The maximum Gasteiger partial charge on any atom is 0.324 e. The SMILES string of the molecule is COC(N)=NC(c1ccc(OC(O)(O)C2CCC2)cc1)c1cccc(NC=O)c1. The van der Waals surface area contributed by atoms with Crippen molar-refractivity contribution < 1.29 is 24.5 Å². The zero-order chi connectivity index (χ0) is 20.9. The lowest BCUT2D eigenvalue weighted by molar-refractivity contribution is -0.334. The Morgan fingerprint density at radius 3 is 2.55 bits per heavy atom. The molecule has 1 aliphatic rings. The second-order valence-corrected chi connectivity index (χ2v) is 6.92. The van der Waals surface area contributed by atoms with Crippen LogP contribution in [0.1, 0.15) is 36.4 Å². The van der Waals surface area contributed by atoms with Crippen LogP contribution in [0.3, 0.4) is 0 Å². The van der Waals surface area contributed by atoms with E-state index in [0.29, 0.717) is 17.8 Å². The normalized spacial score (nSPS) is 15.9. The molecule has 0 radical (unpaired) electrons. The molecule has 0 spiro atoms. The molecular weight excluding hydrogens is 374 g/mol. The first-order chi connectivity index (χ1) is 13.9. The molecule has 0 heterocycles. The van der Waals surface area contributed by atoms with Gasteiger partial charge < -0.3 is 30.7 Å². The highest BCUT2D eigenvalue weighted by molar-refractivity contribution is 5.73. The van der Waals surface area contributed by atoms with E-state index >= 15 is 0 Å². The fraction of sp³-hybridized carbons (Fsp3) is 0.333. The molecule has 0 aliphatic heterocycles. The predicted molar refractivity (Wildman–Crippen MR) is 108 cm³/mol. The van der Waals surface area contributed by atoms with Gasteiger partial charge in [0.15, 0.2) is 0 Å². The van der Waals surface area contributed by atoms with Crippen LogP contribution in [0.2, 0.25) is 0 Å². The summed E-state index contributed by atoms with van der Waals surface area (Å²) in [6, 6.07) is 13.6. The van der Waals surface area contributed by atoms with Crippen molar-refractivity contribution in [3.8, 4) is 5.75 Å². The molecule has 0 bridgehead atoms. The highest BCUT2D eigenvalue weighted by atomic mass is 16.8. The molecule has 0 aromatic heterocycles. The van der Waals surface area contributed by atoms with Gasteiger partial charge in [-0.2, -0.15) is 0 Å². The largest absolute Gasteiger partial charge is 0.469 e. The molecular formula is C21H25N3O5. The third kappa shape index (κ3) is 5.04. The lowest BCUT2D eigenvalue weighted by atomic mass is 9.83. The number of ether oxygens (including phenoxy) is 2. The number of benzene rings is 2. The first-order valence-corrected chi connectivity index (χ1v) is 9.34. The molecule has 3 rings (SSSR count). The Morgan fingerprint density at radius 2 is 1.97 bits per heavy atom. The number of nitrogens with zero attached hydrogens (tertiary/aromatic N) is 1. The van der Waals surface area contributed by atoms with E-state index in [-0.39, 0.29) is 11.9 Å². The van der Waals surface area contributed by atoms with E-state index in [2.05, 4.69) is 10.3 Å². The summed E-state index contributed by atoms with van der Waals surface area (Å²) in [4.78, 5) is 15.1. The number of nitrogens with two attached hydrogens (primary N) is 1. The number of anilines is 1. The minimum atomic E-state index is -2.17. The van der Waals surface area contributed by atoms with Crippen molar-refractivity contribution in [2.75, 3.05) is 12.4 Å². The van der Waals surface area contributed by atoms with Crippen LogP contribution in [0.25, 0.3) is 0 Å². The number of aliphatic imine (C=N–C) groups is 1. The van der Waals surface area contributed by atoms with Crippen LogP contribution in [0.15, 0.2) is 53.5 Å². The molecule has 1 atom stereocenters. The number of amidine groups is 1. The quantitative estimate of drug-likeness (QED) is 0.233. The van der Waals surface area contributed by atoms with E-state index in [1.807, 2.05) is 6.07 Å². The van der Waals surface area contributed by atoms with Crippen molar-refractivity contribution in [3.63, 3.8) is 0 Å². The zero-order valence-corrected chi connectivity index (χ0v) is 16.1. The van der Waals surface area contributed by atoms with E-state index < -0.39 is 12.0 Å². The maximum absolute atomic E-state index is 10.7. The Labute approximate surface area is 169 Å². The van der Waals surface area contributed by atoms with E-state index in [1.165, 1.54) is 7.11 Å².